The molecule has 1 heterocycles. The van der Waals surface area contributed by atoms with Gasteiger partial charge in [0.2, 0.25) is 5.91 Å². The standard InChI is InChI=1S/C10H12N6O/c11-6-5-10(17)13-8-1-3-9(4-2-8)16-7-12-14-15-16/h1-4,7H,5-6,11H2,(H,13,17). The second kappa shape index (κ2) is 5.17. The van der Waals surface area contributed by atoms with Crippen LogP contribution in [0.25, 0.3) is 5.69 Å². The van der Waals surface area contributed by atoms with Gasteiger partial charge in [0.25, 0.3) is 0 Å². The summed E-state index contributed by atoms with van der Waals surface area (Å²) >= 11 is 0. The van der Waals surface area contributed by atoms with Crippen LogP contribution in [0.4, 0.5) is 5.69 Å². The first-order chi connectivity index (χ1) is 8.29. The number of carbonyl (C=O) groups is 1. The molecule has 1 aromatic heterocycles. The molecule has 0 saturated heterocycles. The average Bonchev–Trinajstić information content (AvgIpc) is 2.84. The maximum Gasteiger partial charge on any atom is 0.225 e. The smallest absolute Gasteiger partial charge is 0.225 e. The van der Waals surface area contributed by atoms with Crippen molar-refractivity contribution in [3.05, 3.63) is 30.6 Å². The van der Waals surface area contributed by atoms with E-state index in [0.717, 1.165) is 11.4 Å². The monoisotopic (exact) mass is 232 g/mol. The molecule has 17 heavy (non-hydrogen) atoms. The van der Waals surface area contributed by atoms with Gasteiger partial charge in [0, 0.05) is 18.7 Å². The molecule has 0 atom stereocenters. The van der Waals surface area contributed by atoms with Gasteiger partial charge in [-0.15, -0.1) is 5.10 Å². The lowest BCUT2D eigenvalue weighted by Crippen LogP contribution is -2.16. The molecular formula is C10H12N6O. The van der Waals surface area contributed by atoms with Crippen molar-refractivity contribution in [3.8, 4) is 5.69 Å². The summed E-state index contributed by atoms with van der Waals surface area (Å²) < 4.78 is 1.53. The molecule has 1 amide bonds. The Morgan fingerprint density at radius 3 is 2.71 bits per heavy atom. The largest absolute Gasteiger partial charge is 0.330 e. The van der Waals surface area contributed by atoms with Crippen LogP contribution < -0.4 is 11.1 Å². The van der Waals surface area contributed by atoms with E-state index in [4.69, 9.17) is 5.73 Å². The lowest BCUT2D eigenvalue weighted by atomic mass is 10.2. The Hall–Kier alpha value is -2.28. The van der Waals surface area contributed by atoms with Gasteiger partial charge >= 0.3 is 0 Å². The molecule has 2 aromatic rings. The summed E-state index contributed by atoms with van der Waals surface area (Å²) in [6.07, 6.45) is 1.82. The fraction of sp³-hybridized carbons (Fsp3) is 0.200. The summed E-state index contributed by atoms with van der Waals surface area (Å²) in [5, 5.41) is 13.6. The highest BCUT2D eigenvalue weighted by Gasteiger charge is 2.01. The van der Waals surface area contributed by atoms with Crippen molar-refractivity contribution in [1.29, 1.82) is 0 Å². The van der Waals surface area contributed by atoms with Crippen LogP contribution in [0.15, 0.2) is 30.6 Å². The minimum atomic E-state index is -0.0947. The molecule has 0 radical (unpaired) electrons. The van der Waals surface area contributed by atoms with Gasteiger partial charge in [-0.1, -0.05) is 0 Å². The summed E-state index contributed by atoms with van der Waals surface area (Å²) in [5.74, 6) is -0.0947. The van der Waals surface area contributed by atoms with Crippen molar-refractivity contribution in [2.24, 2.45) is 5.73 Å². The predicted molar refractivity (Wildman–Crippen MR) is 61.5 cm³/mol. The second-order valence-corrected chi connectivity index (χ2v) is 3.39. The Morgan fingerprint density at radius 1 is 1.35 bits per heavy atom. The van der Waals surface area contributed by atoms with Crippen molar-refractivity contribution in [3.63, 3.8) is 0 Å². The number of nitrogens with two attached hydrogens (primary N) is 1. The van der Waals surface area contributed by atoms with E-state index in [0.29, 0.717) is 13.0 Å². The fourth-order valence-electron chi connectivity index (χ4n) is 1.33. The third-order valence-corrected chi connectivity index (χ3v) is 2.14. The van der Waals surface area contributed by atoms with Gasteiger partial charge in [0.1, 0.15) is 6.33 Å². The van der Waals surface area contributed by atoms with Gasteiger partial charge in [-0.2, -0.15) is 0 Å². The van der Waals surface area contributed by atoms with Crippen LogP contribution in [0.3, 0.4) is 0 Å². The summed E-state index contributed by atoms with van der Waals surface area (Å²) in [6.45, 7) is 0.342. The van der Waals surface area contributed by atoms with E-state index in [-0.39, 0.29) is 5.91 Å². The molecule has 2 rings (SSSR count). The van der Waals surface area contributed by atoms with Crippen molar-refractivity contribution >= 4 is 11.6 Å². The van der Waals surface area contributed by atoms with Gasteiger partial charge in [-0.05, 0) is 34.7 Å². The number of hydrogen-bond donors (Lipinski definition) is 2. The molecule has 1 aromatic carbocycles. The van der Waals surface area contributed by atoms with Crippen LogP contribution in [-0.4, -0.2) is 32.7 Å². The molecule has 88 valence electrons. The number of carbonyl (C=O) groups excluding carboxylic acids is 1. The zero-order chi connectivity index (χ0) is 12.1. The number of benzene rings is 1. The summed E-state index contributed by atoms with van der Waals surface area (Å²) in [6, 6.07) is 7.19. The van der Waals surface area contributed by atoms with E-state index in [1.165, 1.54) is 11.0 Å². The zero-order valence-electron chi connectivity index (χ0n) is 9.08. The Labute approximate surface area is 97.6 Å². The fourth-order valence-corrected chi connectivity index (χ4v) is 1.33. The van der Waals surface area contributed by atoms with Crippen molar-refractivity contribution in [2.45, 2.75) is 6.42 Å². The third-order valence-electron chi connectivity index (χ3n) is 2.14. The van der Waals surface area contributed by atoms with Crippen LogP contribution in [0.2, 0.25) is 0 Å². The van der Waals surface area contributed by atoms with Crippen LogP contribution in [-0.2, 0) is 4.79 Å². The molecule has 7 heteroatoms. The summed E-state index contributed by atoms with van der Waals surface area (Å²) in [5.41, 5.74) is 6.83. The van der Waals surface area contributed by atoms with E-state index in [2.05, 4.69) is 20.8 Å². The first-order valence-electron chi connectivity index (χ1n) is 5.13. The molecule has 0 aliphatic heterocycles. The first kappa shape index (κ1) is 11.2. The Balaban J connectivity index is 2.06. The van der Waals surface area contributed by atoms with Gasteiger partial charge < -0.3 is 11.1 Å². The zero-order valence-corrected chi connectivity index (χ0v) is 9.08. The van der Waals surface area contributed by atoms with E-state index < -0.39 is 0 Å². The Bertz CT molecular complexity index is 478. The van der Waals surface area contributed by atoms with Gasteiger partial charge in [-0.3, -0.25) is 4.79 Å². The minimum Gasteiger partial charge on any atom is -0.330 e. The first-order valence-corrected chi connectivity index (χ1v) is 5.13. The van der Waals surface area contributed by atoms with Gasteiger partial charge in [-0.25, -0.2) is 4.68 Å². The second-order valence-electron chi connectivity index (χ2n) is 3.39. The average molecular weight is 232 g/mol. The molecule has 0 spiro atoms. The lowest BCUT2D eigenvalue weighted by Gasteiger charge is -2.05. The highest BCUT2D eigenvalue weighted by Crippen LogP contribution is 2.11. The number of anilines is 1. The molecular weight excluding hydrogens is 220 g/mol. The van der Waals surface area contributed by atoms with E-state index >= 15 is 0 Å². The Morgan fingerprint density at radius 2 is 2.12 bits per heavy atom. The number of aromatic nitrogens is 4. The molecule has 0 fully saturated rings. The van der Waals surface area contributed by atoms with Crippen LogP contribution in [0, 0.1) is 0 Å². The van der Waals surface area contributed by atoms with Gasteiger partial charge in [0.05, 0.1) is 5.69 Å². The normalized spacial score (nSPS) is 10.2. The SMILES string of the molecule is NCCC(=O)Nc1ccc(-n2cnnn2)cc1. The van der Waals surface area contributed by atoms with Crippen molar-refractivity contribution in [1.82, 2.24) is 20.2 Å². The molecule has 7 nitrogen and oxygen atoms in total. The minimum absolute atomic E-state index is 0.0947. The predicted octanol–water partition coefficient (Wildman–Crippen LogP) is -0.0504. The maximum atomic E-state index is 11.3. The third kappa shape index (κ3) is 2.85. The highest BCUT2D eigenvalue weighted by molar-refractivity contribution is 5.90. The number of tetrazole rings is 1. The molecule has 0 saturated carbocycles. The number of nitrogens with one attached hydrogen (secondary N) is 1. The van der Waals surface area contributed by atoms with Crippen LogP contribution in [0.5, 0.6) is 0 Å². The Kier molecular flexibility index (Phi) is 3.41. The van der Waals surface area contributed by atoms with Gasteiger partial charge in [0.15, 0.2) is 0 Å². The number of nitrogens with zero attached hydrogens (tertiary/aromatic N) is 4. The number of rotatable bonds is 4. The quantitative estimate of drug-likeness (QED) is 0.770. The topological polar surface area (TPSA) is 98.7 Å². The molecule has 0 aliphatic carbocycles. The highest BCUT2D eigenvalue weighted by atomic mass is 16.1. The van der Waals surface area contributed by atoms with E-state index in [9.17, 15) is 4.79 Å². The summed E-state index contributed by atoms with van der Waals surface area (Å²) in [7, 11) is 0. The van der Waals surface area contributed by atoms with Crippen LogP contribution >= 0.6 is 0 Å². The number of amides is 1. The van der Waals surface area contributed by atoms with Crippen molar-refractivity contribution in [2.75, 3.05) is 11.9 Å². The van der Waals surface area contributed by atoms with Crippen LogP contribution in [0.1, 0.15) is 6.42 Å². The molecule has 3 N–H and O–H groups in total. The maximum absolute atomic E-state index is 11.3. The number of hydrogen-bond acceptors (Lipinski definition) is 5. The molecule has 0 aliphatic rings. The van der Waals surface area contributed by atoms with Crippen molar-refractivity contribution < 1.29 is 4.79 Å². The lowest BCUT2D eigenvalue weighted by molar-refractivity contribution is -0.116. The van der Waals surface area contributed by atoms with E-state index in [1.54, 1.807) is 12.1 Å². The molecule has 0 unspecified atom stereocenters. The molecule has 0 bridgehead atoms. The van der Waals surface area contributed by atoms with E-state index in [1.807, 2.05) is 12.1 Å². The summed E-state index contributed by atoms with van der Waals surface area (Å²) in [4.78, 5) is 11.3.